The quantitative estimate of drug-likeness (QED) is 0.623. The zero-order chi connectivity index (χ0) is 15.1. The fourth-order valence-corrected chi connectivity index (χ4v) is 2.33. The number of carbonyl (C=O) groups excluding carboxylic acids is 1. The van der Waals surface area contributed by atoms with Crippen molar-refractivity contribution in [2.45, 2.75) is 26.2 Å². The number of carbonyl (C=O) groups is 1. The number of rotatable bonds is 6. The van der Waals surface area contributed by atoms with E-state index in [0.29, 0.717) is 31.2 Å². The summed E-state index contributed by atoms with van der Waals surface area (Å²) in [6.45, 7) is 4.71. The number of nitrogens with one attached hydrogen (secondary N) is 1. The van der Waals surface area contributed by atoms with Gasteiger partial charge in [0.25, 0.3) is 0 Å². The van der Waals surface area contributed by atoms with E-state index in [4.69, 9.17) is 15.2 Å². The third-order valence-electron chi connectivity index (χ3n) is 3.82. The molecule has 1 fully saturated rings. The van der Waals surface area contributed by atoms with Gasteiger partial charge in [-0.1, -0.05) is 6.07 Å². The Balaban J connectivity index is 1.66. The summed E-state index contributed by atoms with van der Waals surface area (Å²) in [4.78, 5) is 11.9. The second-order valence-corrected chi connectivity index (χ2v) is 5.45. The van der Waals surface area contributed by atoms with Gasteiger partial charge in [0.1, 0.15) is 0 Å². The summed E-state index contributed by atoms with van der Waals surface area (Å²) < 4.78 is 10.9. The minimum absolute atomic E-state index is 0.0457. The Morgan fingerprint density at radius 3 is 2.95 bits per heavy atom. The van der Waals surface area contributed by atoms with E-state index >= 15 is 0 Å². The van der Waals surface area contributed by atoms with Crippen molar-refractivity contribution in [2.75, 3.05) is 37.5 Å². The van der Waals surface area contributed by atoms with Gasteiger partial charge < -0.3 is 20.5 Å². The van der Waals surface area contributed by atoms with E-state index in [1.165, 1.54) is 0 Å². The van der Waals surface area contributed by atoms with E-state index in [9.17, 15) is 4.79 Å². The average molecular weight is 292 g/mol. The summed E-state index contributed by atoms with van der Waals surface area (Å²) in [7, 11) is 0. The van der Waals surface area contributed by atoms with E-state index in [2.05, 4.69) is 5.32 Å². The molecule has 0 atom stereocenters. The lowest BCUT2D eigenvalue weighted by atomic mass is 10.0. The van der Waals surface area contributed by atoms with Crippen LogP contribution in [0.15, 0.2) is 18.2 Å². The molecule has 5 nitrogen and oxygen atoms in total. The molecule has 116 valence electrons. The van der Waals surface area contributed by atoms with Crippen molar-refractivity contribution in [3.63, 3.8) is 0 Å². The maximum absolute atomic E-state index is 11.9. The first-order valence-electron chi connectivity index (χ1n) is 7.47. The maximum Gasteiger partial charge on any atom is 0.226 e. The van der Waals surface area contributed by atoms with Crippen LogP contribution in [0.3, 0.4) is 0 Å². The first kappa shape index (κ1) is 15.8. The Morgan fingerprint density at radius 2 is 2.19 bits per heavy atom. The number of nitrogen functional groups attached to an aromatic ring is 1. The second-order valence-electron chi connectivity index (χ2n) is 5.45. The molecule has 0 aromatic heterocycles. The van der Waals surface area contributed by atoms with Gasteiger partial charge in [-0.2, -0.15) is 0 Å². The Kier molecular flexibility index (Phi) is 6.02. The van der Waals surface area contributed by atoms with Crippen molar-refractivity contribution in [3.8, 4) is 0 Å². The molecule has 1 aliphatic heterocycles. The van der Waals surface area contributed by atoms with Crippen molar-refractivity contribution in [1.29, 1.82) is 0 Å². The molecule has 0 aliphatic carbocycles. The number of ether oxygens (including phenoxy) is 2. The fourth-order valence-electron chi connectivity index (χ4n) is 2.33. The van der Waals surface area contributed by atoms with Gasteiger partial charge in [0, 0.05) is 31.2 Å². The minimum atomic E-state index is -0.0457. The molecule has 1 aromatic carbocycles. The molecule has 3 N–H and O–H groups in total. The monoisotopic (exact) mass is 292 g/mol. The number of nitrogens with two attached hydrogens (primary N) is 1. The highest BCUT2D eigenvalue weighted by Crippen LogP contribution is 2.20. The van der Waals surface area contributed by atoms with Crippen LogP contribution in [0.4, 0.5) is 11.4 Å². The van der Waals surface area contributed by atoms with Crippen LogP contribution in [-0.4, -0.2) is 32.3 Å². The van der Waals surface area contributed by atoms with E-state index < -0.39 is 0 Å². The zero-order valence-corrected chi connectivity index (χ0v) is 12.6. The molecular weight excluding hydrogens is 268 g/mol. The van der Waals surface area contributed by atoms with Crippen LogP contribution in [0, 0.1) is 12.8 Å². The van der Waals surface area contributed by atoms with Gasteiger partial charge in [-0.25, -0.2) is 0 Å². The standard InChI is InChI=1S/C16H24N2O3/c1-12-14(17)3-2-4-15(12)18-16(19)7-10-21-11-13-5-8-20-9-6-13/h2-4,13H,5-11,17H2,1H3,(H,18,19). The lowest BCUT2D eigenvalue weighted by molar-refractivity contribution is -0.117. The highest BCUT2D eigenvalue weighted by Gasteiger charge is 2.14. The van der Waals surface area contributed by atoms with Gasteiger partial charge in [-0.05, 0) is 43.4 Å². The molecule has 1 saturated heterocycles. The Bertz CT molecular complexity index is 471. The van der Waals surface area contributed by atoms with Gasteiger partial charge in [0.05, 0.1) is 13.0 Å². The van der Waals surface area contributed by atoms with E-state index in [0.717, 1.165) is 37.3 Å². The van der Waals surface area contributed by atoms with Crippen LogP contribution < -0.4 is 11.1 Å². The lowest BCUT2D eigenvalue weighted by Crippen LogP contribution is -2.21. The maximum atomic E-state index is 11.9. The predicted molar refractivity (Wildman–Crippen MR) is 83.2 cm³/mol. The molecule has 5 heteroatoms. The SMILES string of the molecule is Cc1c(N)cccc1NC(=O)CCOCC1CCOCC1. The molecule has 1 amide bonds. The predicted octanol–water partition coefficient (Wildman–Crippen LogP) is 2.35. The Morgan fingerprint density at radius 1 is 1.43 bits per heavy atom. The Labute approximate surface area is 125 Å². The molecule has 0 saturated carbocycles. The summed E-state index contributed by atoms with van der Waals surface area (Å²) in [5, 5.41) is 2.87. The third kappa shape index (κ3) is 5.02. The minimum Gasteiger partial charge on any atom is -0.398 e. The largest absolute Gasteiger partial charge is 0.398 e. The summed E-state index contributed by atoms with van der Waals surface area (Å²) in [5.74, 6) is 0.522. The van der Waals surface area contributed by atoms with E-state index in [-0.39, 0.29) is 5.91 Å². The fraction of sp³-hybridized carbons (Fsp3) is 0.562. The molecule has 0 spiro atoms. The van der Waals surface area contributed by atoms with Crippen molar-refractivity contribution in [3.05, 3.63) is 23.8 Å². The first-order valence-corrected chi connectivity index (χ1v) is 7.47. The number of anilines is 2. The van der Waals surface area contributed by atoms with Crippen LogP contribution in [0.1, 0.15) is 24.8 Å². The second kappa shape index (κ2) is 8.00. The third-order valence-corrected chi connectivity index (χ3v) is 3.82. The molecule has 1 heterocycles. The van der Waals surface area contributed by atoms with Crippen molar-refractivity contribution >= 4 is 17.3 Å². The molecule has 0 unspecified atom stereocenters. The summed E-state index contributed by atoms with van der Waals surface area (Å²) in [5.41, 5.74) is 8.16. The van der Waals surface area contributed by atoms with Gasteiger partial charge in [0.15, 0.2) is 0 Å². The smallest absolute Gasteiger partial charge is 0.226 e. The van der Waals surface area contributed by atoms with Crippen LogP contribution in [0.2, 0.25) is 0 Å². The molecule has 0 bridgehead atoms. The van der Waals surface area contributed by atoms with Crippen LogP contribution in [0.25, 0.3) is 0 Å². The summed E-state index contributed by atoms with van der Waals surface area (Å²) in [6.07, 6.45) is 2.46. The first-order chi connectivity index (χ1) is 10.2. The molecule has 2 rings (SSSR count). The van der Waals surface area contributed by atoms with Gasteiger partial charge in [-0.3, -0.25) is 4.79 Å². The summed E-state index contributed by atoms with van der Waals surface area (Å²) >= 11 is 0. The zero-order valence-electron chi connectivity index (χ0n) is 12.6. The van der Waals surface area contributed by atoms with Crippen molar-refractivity contribution < 1.29 is 14.3 Å². The summed E-state index contributed by atoms with van der Waals surface area (Å²) in [6, 6.07) is 5.51. The van der Waals surface area contributed by atoms with Crippen LogP contribution >= 0.6 is 0 Å². The van der Waals surface area contributed by atoms with Gasteiger partial charge in [0.2, 0.25) is 5.91 Å². The molecule has 21 heavy (non-hydrogen) atoms. The number of benzene rings is 1. The van der Waals surface area contributed by atoms with E-state index in [1.807, 2.05) is 25.1 Å². The van der Waals surface area contributed by atoms with Crippen molar-refractivity contribution in [2.24, 2.45) is 5.92 Å². The van der Waals surface area contributed by atoms with Crippen molar-refractivity contribution in [1.82, 2.24) is 0 Å². The Hall–Kier alpha value is -1.59. The molecule has 0 radical (unpaired) electrons. The highest BCUT2D eigenvalue weighted by molar-refractivity contribution is 5.92. The van der Waals surface area contributed by atoms with Gasteiger partial charge in [-0.15, -0.1) is 0 Å². The highest BCUT2D eigenvalue weighted by atomic mass is 16.5. The average Bonchev–Trinajstić information content (AvgIpc) is 2.49. The van der Waals surface area contributed by atoms with Gasteiger partial charge >= 0.3 is 0 Å². The molecule has 1 aliphatic rings. The normalized spacial score (nSPS) is 15.9. The molecule has 1 aromatic rings. The number of hydrogen-bond donors (Lipinski definition) is 2. The number of hydrogen-bond acceptors (Lipinski definition) is 4. The number of amides is 1. The van der Waals surface area contributed by atoms with Crippen LogP contribution in [0.5, 0.6) is 0 Å². The van der Waals surface area contributed by atoms with E-state index in [1.54, 1.807) is 0 Å². The van der Waals surface area contributed by atoms with Crippen LogP contribution in [-0.2, 0) is 14.3 Å². The molecular formula is C16H24N2O3. The topological polar surface area (TPSA) is 73.6 Å². The lowest BCUT2D eigenvalue weighted by Gasteiger charge is -2.21.